The molecule has 7 heteroatoms. The van der Waals surface area contributed by atoms with Gasteiger partial charge in [-0.15, -0.1) is 0 Å². The Labute approximate surface area is 154 Å². The third-order valence-electron chi connectivity index (χ3n) is 5.37. The zero-order chi connectivity index (χ0) is 17.5. The molecule has 3 aliphatic rings. The maximum atomic E-state index is 13.3. The maximum Gasteiger partial charge on any atom is 0.246 e. The Hall–Kier alpha value is -0.820. The summed E-state index contributed by atoms with van der Waals surface area (Å²) < 4.78 is 39.5. The zero-order valence-corrected chi connectivity index (χ0v) is 15.8. The Bertz CT molecular complexity index is 743. The lowest BCUT2D eigenvalue weighted by Crippen LogP contribution is -2.36. The number of hydrogen-bond acceptors (Lipinski definition) is 4. The molecule has 1 spiro atoms. The van der Waals surface area contributed by atoms with Gasteiger partial charge in [-0.1, -0.05) is 24.4 Å². The molecule has 0 aromatic heterocycles. The lowest BCUT2D eigenvalue weighted by molar-refractivity contribution is 0.115. The van der Waals surface area contributed by atoms with Crippen LogP contribution in [0, 0.1) is 11.3 Å². The SMILES string of the molecule is O=S(=O)(c1cc(Cl)ccc1OCCC1CC1)N1CCOCC2(CC2)C1. The molecule has 25 heavy (non-hydrogen) atoms. The Balaban J connectivity index is 1.58. The predicted molar refractivity (Wildman–Crippen MR) is 95.5 cm³/mol. The van der Waals surface area contributed by atoms with Gasteiger partial charge in [0.15, 0.2) is 0 Å². The van der Waals surface area contributed by atoms with Gasteiger partial charge in [-0.05, 0) is 43.4 Å². The van der Waals surface area contributed by atoms with E-state index in [9.17, 15) is 8.42 Å². The minimum absolute atomic E-state index is 0.00907. The monoisotopic (exact) mass is 385 g/mol. The second-order valence-electron chi connectivity index (χ2n) is 7.56. The van der Waals surface area contributed by atoms with Crippen molar-refractivity contribution in [2.75, 3.05) is 32.9 Å². The Morgan fingerprint density at radius 3 is 2.84 bits per heavy atom. The summed E-state index contributed by atoms with van der Waals surface area (Å²) in [5.74, 6) is 1.14. The third kappa shape index (κ3) is 3.97. The predicted octanol–water partition coefficient (Wildman–Crippen LogP) is 3.32. The van der Waals surface area contributed by atoms with Crippen LogP contribution in [0.2, 0.25) is 5.02 Å². The lowest BCUT2D eigenvalue weighted by Gasteiger charge is -2.24. The van der Waals surface area contributed by atoms with Crippen LogP contribution >= 0.6 is 11.6 Å². The highest BCUT2D eigenvalue weighted by atomic mass is 35.5. The Morgan fingerprint density at radius 1 is 1.32 bits per heavy atom. The molecule has 0 radical (unpaired) electrons. The summed E-state index contributed by atoms with van der Waals surface area (Å²) >= 11 is 6.09. The van der Waals surface area contributed by atoms with Gasteiger partial charge in [-0.3, -0.25) is 0 Å². The summed E-state index contributed by atoms with van der Waals surface area (Å²) in [6.45, 7) is 2.52. The van der Waals surface area contributed by atoms with Gasteiger partial charge in [0.25, 0.3) is 0 Å². The molecular weight excluding hydrogens is 362 g/mol. The molecule has 1 aromatic carbocycles. The fourth-order valence-electron chi connectivity index (χ4n) is 3.32. The molecule has 138 valence electrons. The number of sulfonamides is 1. The number of benzene rings is 1. The highest BCUT2D eigenvalue weighted by molar-refractivity contribution is 7.89. The topological polar surface area (TPSA) is 55.8 Å². The van der Waals surface area contributed by atoms with E-state index < -0.39 is 10.0 Å². The second kappa shape index (κ2) is 6.72. The van der Waals surface area contributed by atoms with E-state index in [1.165, 1.54) is 18.9 Å². The van der Waals surface area contributed by atoms with E-state index >= 15 is 0 Å². The average molecular weight is 386 g/mol. The Kier molecular flexibility index (Phi) is 4.73. The van der Waals surface area contributed by atoms with E-state index in [0.29, 0.717) is 43.7 Å². The highest BCUT2D eigenvalue weighted by Gasteiger charge is 2.48. The van der Waals surface area contributed by atoms with Crippen LogP contribution in [-0.4, -0.2) is 45.6 Å². The van der Waals surface area contributed by atoms with Crippen LogP contribution in [-0.2, 0) is 14.8 Å². The summed E-state index contributed by atoms with van der Waals surface area (Å²) in [6, 6.07) is 4.86. The molecule has 1 heterocycles. The molecule has 2 saturated carbocycles. The largest absolute Gasteiger partial charge is 0.492 e. The molecule has 0 atom stereocenters. The third-order valence-corrected chi connectivity index (χ3v) is 7.47. The van der Waals surface area contributed by atoms with Crippen molar-refractivity contribution in [3.8, 4) is 5.75 Å². The van der Waals surface area contributed by atoms with Crippen molar-refractivity contribution in [1.29, 1.82) is 0 Å². The summed E-state index contributed by atoms with van der Waals surface area (Å²) in [5.41, 5.74) is 0.00907. The van der Waals surface area contributed by atoms with Gasteiger partial charge in [0.1, 0.15) is 10.6 Å². The molecule has 3 fully saturated rings. The fraction of sp³-hybridized carbons (Fsp3) is 0.667. The molecule has 4 rings (SSSR count). The number of halogens is 1. The molecular formula is C18H24ClNO4S. The number of rotatable bonds is 6. The molecule has 2 aliphatic carbocycles. The van der Waals surface area contributed by atoms with Crippen LogP contribution in [0.5, 0.6) is 5.75 Å². The standard InChI is InChI=1S/C18H24ClNO4S/c19-15-3-4-16(24-9-5-14-1-2-14)17(11-15)25(21,22)20-8-10-23-13-18(12-20)6-7-18/h3-4,11,14H,1-2,5-10,12-13H2. The zero-order valence-electron chi connectivity index (χ0n) is 14.2. The molecule has 0 N–H and O–H groups in total. The first kappa shape index (κ1) is 17.6. The molecule has 0 bridgehead atoms. The van der Waals surface area contributed by atoms with Gasteiger partial charge in [-0.2, -0.15) is 4.31 Å². The van der Waals surface area contributed by atoms with E-state index in [1.54, 1.807) is 16.4 Å². The van der Waals surface area contributed by atoms with Gasteiger partial charge in [0, 0.05) is 23.5 Å². The average Bonchev–Trinajstić information content (AvgIpc) is 3.48. The van der Waals surface area contributed by atoms with Crippen LogP contribution in [0.25, 0.3) is 0 Å². The van der Waals surface area contributed by atoms with Crippen LogP contribution < -0.4 is 4.74 Å². The van der Waals surface area contributed by atoms with Gasteiger partial charge in [0.2, 0.25) is 10.0 Å². The van der Waals surface area contributed by atoms with Crippen LogP contribution in [0.1, 0.15) is 32.1 Å². The molecule has 1 saturated heterocycles. The van der Waals surface area contributed by atoms with Crippen molar-refractivity contribution in [1.82, 2.24) is 4.31 Å². The minimum atomic E-state index is -3.66. The molecule has 0 unspecified atom stereocenters. The minimum Gasteiger partial charge on any atom is -0.492 e. The van der Waals surface area contributed by atoms with Crippen molar-refractivity contribution in [3.63, 3.8) is 0 Å². The van der Waals surface area contributed by atoms with E-state index in [1.807, 2.05) is 0 Å². The van der Waals surface area contributed by atoms with E-state index in [4.69, 9.17) is 21.1 Å². The number of hydrogen-bond donors (Lipinski definition) is 0. The summed E-state index contributed by atoms with van der Waals surface area (Å²) in [4.78, 5) is 0.175. The molecule has 0 amide bonds. The van der Waals surface area contributed by atoms with E-state index in [0.717, 1.165) is 25.2 Å². The van der Waals surface area contributed by atoms with Crippen LogP contribution in [0.3, 0.4) is 0 Å². The van der Waals surface area contributed by atoms with Crippen LogP contribution in [0.4, 0.5) is 0 Å². The smallest absolute Gasteiger partial charge is 0.246 e. The quantitative estimate of drug-likeness (QED) is 0.753. The molecule has 1 aromatic rings. The summed E-state index contributed by atoms with van der Waals surface area (Å²) in [7, 11) is -3.66. The second-order valence-corrected chi connectivity index (χ2v) is 9.91. The Morgan fingerprint density at radius 2 is 2.12 bits per heavy atom. The number of ether oxygens (including phenoxy) is 2. The van der Waals surface area contributed by atoms with Crippen molar-refractivity contribution in [3.05, 3.63) is 23.2 Å². The summed E-state index contributed by atoms with van der Waals surface area (Å²) in [5, 5.41) is 0.403. The number of nitrogens with zero attached hydrogens (tertiary/aromatic N) is 1. The first-order valence-corrected chi connectivity index (χ1v) is 10.8. The molecule has 1 aliphatic heterocycles. The van der Waals surface area contributed by atoms with Crippen molar-refractivity contribution in [2.45, 2.75) is 37.0 Å². The van der Waals surface area contributed by atoms with Gasteiger partial charge < -0.3 is 9.47 Å². The van der Waals surface area contributed by atoms with Crippen LogP contribution in [0.15, 0.2) is 23.1 Å². The maximum absolute atomic E-state index is 13.3. The fourth-order valence-corrected chi connectivity index (χ4v) is 5.25. The van der Waals surface area contributed by atoms with Crippen molar-refractivity contribution in [2.24, 2.45) is 11.3 Å². The normalized spacial score (nSPS) is 23.4. The highest BCUT2D eigenvalue weighted by Crippen LogP contribution is 2.48. The van der Waals surface area contributed by atoms with Gasteiger partial charge >= 0.3 is 0 Å². The molecule has 5 nitrogen and oxygen atoms in total. The van der Waals surface area contributed by atoms with E-state index in [-0.39, 0.29) is 10.3 Å². The van der Waals surface area contributed by atoms with Gasteiger partial charge in [0.05, 0.1) is 19.8 Å². The van der Waals surface area contributed by atoms with Crippen molar-refractivity contribution < 1.29 is 17.9 Å². The first-order chi connectivity index (χ1) is 12.0. The van der Waals surface area contributed by atoms with Crippen molar-refractivity contribution >= 4 is 21.6 Å². The van der Waals surface area contributed by atoms with Gasteiger partial charge in [-0.25, -0.2) is 8.42 Å². The first-order valence-electron chi connectivity index (χ1n) is 8.99. The lowest BCUT2D eigenvalue weighted by atomic mass is 10.1. The van der Waals surface area contributed by atoms with E-state index in [2.05, 4.69) is 0 Å². The summed E-state index contributed by atoms with van der Waals surface area (Å²) in [6.07, 6.45) is 5.54.